The fourth-order valence-corrected chi connectivity index (χ4v) is 3.44. The van der Waals surface area contributed by atoms with E-state index in [4.69, 9.17) is 4.74 Å². The molecule has 2 heterocycles. The van der Waals surface area contributed by atoms with Crippen LogP contribution in [0.2, 0.25) is 0 Å². The van der Waals surface area contributed by atoms with Crippen LogP contribution in [-0.2, 0) is 4.74 Å². The zero-order chi connectivity index (χ0) is 15.9. The minimum Gasteiger partial charge on any atom is -0.379 e. The summed E-state index contributed by atoms with van der Waals surface area (Å²) in [4.78, 5) is 9.48. The highest BCUT2D eigenvalue weighted by atomic mass is 127. The smallest absolute Gasteiger partial charge is 0.193 e. The quantitative estimate of drug-likeness (QED) is 0.416. The Balaban J connectivity index is 0.00000264. The molecule has 0 amide bonds. The first-order chi connectivity index (χ1) is 10.6. The van der Waals surface area contributed by atoms with Crippen LogP contribution in [0.15, 0.2) is 4.99 Å². The third-order valence-electron chi connectivity index (χ3n) is 5.05. The van der Waals surface area contributed by atoms with Gasteiger partial charge >= 0.3 is 0 Å². The largest absolute Gasteiger partial charge is 0.379 e. The van der Waals surface area contributed by atoms with Crippen LogP contribution in [0.25, 0.3) is 0 Å². The number of likely N-dealkylation sites (tertiary alicyclic amines) is 1. The monoisotopic (exact) mass is 438 g/mol. The van der Waals surface area contributed by atoms with Crippen LogP contribution in [0.1, 0.15) is 33.6 Å². The topological polar surface area (TPSA) is 40.1 Å². The fraction of sp³-hybridized carbons (Fsp3) is 0.941. The average Bonchev–Trinajstić information content (AvgIpc) is 2.53. The number of rotatable bonds is 4. The van der Waals surface area contributed by atoms with Crippen molar-refractivity contribution in [1.29, 1.82) is 0 Å². The van der Waals surface area contributed by atoms with Crippen LogP contribution in [-0.4, -0.2) is 74.8 Å². The highest BCUT2D eigenvalue weighted by molar-refractivity contribution is 14.0. The number of aliphatic imine (C=N–C) groups is 1. The summed E-state index contributed by atoms with van der Waals surface area (Å²) in [5.74, 6) is 2.56. The molecule has 2 aliphatic heterocycles. The molecule has 136 valence electrons. The van der Waals surface area contributed by atoms with Crippen LogP contribution in [0.5, 0.6) is 0 Å². The molecule has 0 aliphatic carbocycles. The number of halogens is 1. The molecule has 1 N–H and O–H groups in total. The van der Waals surface area contributed by atoms with Crippen LogP contribution in [0.3, 0.4) is 0 Å². The Hall–Kier alpha value is -0.0800. The Labute approximate surface area is 159 Å². The van der Waals surface area contributed by atoms with Gasteiger partial charge in [-0.3, -0.25) is 9.89 Å². The molecule has 1 unspecified atom stereocenters. The summed E-state index contributed by atoms with van der Waals surface area (Å²) < 4.78 is 5.49. The molecule has 6 heteroatoms. The lowest BCUT2D eigenvalue weighted by molar-refractivity contribution is 0.00737. The average molecular weight is 438 g/mol. The summed E-state index contributed by atoms with van der Waals surface area (Å²) in [7, 11) is 1.90. The van der Waals surface area contributed by atoms with E-state index in [0.29, 0.717) is 12.0 Å². The van der Waals surface area contributed by atoms with Gasteiger partial charge in [-0.05, 0) is 24.7 Å². The highest BCUT2D eigenvalue weighted by Crippen LogP contribution is 2.16. The molecule has 5 nitrogen and oxygen atoms in total. The van der Waals surface area contributed by atoms with Crippen molar-refractivity contribution in [2.24, 2.45) is 16.8 Å². The Morgan fingerprint density at radius 1 is 1.17 bits per heavy atom. The van der Waals surface area contributed by atoms with E-state index in [1.807, 2.05) is 7.05 Å². The van der Waals surface area contributed by atoms with Crippen LogP contribution >= 0.6 is 24.0 Å². The molecule has 0 spiro atoms. The van der Waals surface area contributed by atoms with Gasteiger partial charge in [0.15, 0.2) is 5.96 Å². The van der Waals surface area contributed by atoms with Gasteiger partial charge in [0.1, 0.15) is 0 Å². The number of ether oxygens (including phenoxy) is 1. The van der Waals surface area contributed by atoms with Crippen LogP contribution < -0.4 is 5.32 Å². The number of nitrogens with one attached hydrogen (secondary N) is 1. The van der Waals surface area contributed by atoms with Gasteiger partial charge in [0.25, 0.3) is 0 Å². The van der Waals surface area contributed by atoms with Gasteiger partial charge in [-0.2, -0.15) is 0 Å². The molecule has 2 saturated heterocycles. The standard InChI is InChI=1S/C17H34N4O.HI/c1-14(2)16(20-9-11-22-12-10-20)13-19-17(18-4)21-7-5-15(3)6-8-21;/h14-16H,5-13H2,1-4H3,(H,18,19);1H. The van der Waals surface area contributed by atoms with E-state index in [9.17, 15) is 0 Å². The van der Waals surface area contributed by atoms with E-state index < -0.39 is 0 Å². The number of hydrogen-bond donors (Lipinski definition) is 1. The lowest BCUT2D eigenvalue weighted by atomic mass is 9.99. The molecule has 2 fully saturated rings. The summed E-state index contributed by atoms with van der Waals surface area (Å²) in [6.45, 7) is 14.0. The zero-order valence-electron chi connectivity index (χ0n) is 15.3. The number of hydrogen-bond acceptors (Lipinski definition) is 3. The Morgan fingerprint density at radius 2 is 1.78 bits per heavy atom. The second-order valence-corrected chi connectivity index (χ2v) is 7.06. The van der Waals surface area contributed by atoms with Crippen LogP contribution in [0.4, 0.5) is 0 Å². The van der Waals surface area contributed by atoms with Gasteiger partial charge in [-0.25, -0.2) is 0 Å². The molecule has 2 aliphatic rings. The second kappa shape index (κ2) is 10.7. The molecule has 23 heavy (non-hydrogen) atoms. The minimum atomic E-state index is 0. The summed E-state index contributed by atoms with van der Waals surface area (Å²) in [6, 6.07) is 0.546. The Bertz CT molecular complexity index is 351. The number of morpholine rings is 1. The normalized spacial score (nSPS) is 22.8. The van der Waals surface area contributed by atoms with Crippen molar-refractivity contribution in [3.05, 3.63) is 0 Å². The van der Waals surface area contributed by atoms with Gasteiger partial charge in [-0.1, -0.05) is 20.8 Å². The predicted octanol–water partition coefficient (Wildman–Crippen LogP) is 2.27. The number of piperidine rings is 1. The van der Waals surface area contributed by atoms with Crippen molar-refractivity contribution in [3.63, 3.8) is 0 Å². The Kier molecular flexibility index (Phi) is 9.77. The molecule has 0 aromatic rings. The maximum atomic E-state index is 5.49. The lowest BCUT2D eigenvalue weighted by Gasteiger charge is -2.38. The zero-order valence-corrected chi connectivity index (χ0v) is 17.6. The summed E-state index contributed by atoms with van der Waals surface area (Å²) in [5.41, 5.74) is 0. The van der Waals surface area contributed by atoms with E-state index in [2.05, 4.69) is 40.9 Å². The molecule has 0 bridgehead atoms. The minimum absolute atomic E-state index is 0. The van der Waals surface area contributed by atoms with Crippen molar-refractivity contribution < 1.29 is 4.74 Å². The van der Waals surface area contributed by atoms with Gasteiger partial charge < -0.3 is 15.0 Å². The summed E-state index contributed by atoms with van der Waals surface area (Å²) in [6.07, 6.45) is 2.55. The molecule has 1 atom stereocenters. The predicted molar refractivity (Wildman–Crippen MR) is 108 cm³/mol. The summed E-state index contributed by atoms with van der Waals surface area (Å²) in [5, 5.41) is 3.63. The van der Waals surface area contributed by atoms with Crippen molar-refractivity contribution in [3.8, 4) is 0 Å². The first-order valence-electron chi connectivity index (χ1n) is 8.89. The van der Waals surface area contributed by atoms with Gasteiger partial charge in [0.2, 0.25) is 0 Å². The van der Waals surface area contributed by atoms with Crippen molar-refractivity contribution in [1.82, 2.24) is 15.1 Å². The molecule has 0 radical (unpaired) electrons. The van der Waals surface area contributed by atoms with E-state index in [0.717, 1.165) is 57.8 Å². The SMILES string of the molecule is CN=C(NCC(C(C)C)N1CCOCC1)N1CCC(C)CC1.I. The lowest BCUT2D eigenvalue weighted by Crippen LogP contribution is -2.53. The van der Waals surface area contributed by atoms with Gasteiger partial charge in [0, 0.05) is 45.8 Å². The molecule has 0 saturated carbocycles. The maximum absolute atomic E-state index is 5.49. The first-order valence-corrected chi connectivity index (χ1v) is 8.89. The first kappa shape index (κ1) is 21.0. The Morgan fingerprint density at radius 3 is 2.30 bits per heavy atom. The molecule has 2 rings (SSSR count). The molecule has 0 aromatic carbocycles. The highest BCUT2D eigenvalue weighted by Gasteiger charge is 2.25. The van der Waals surface area contributed by atoms with Crippen molar-refractivity contribution in [2.75, 3.05) is 53.0 Å². The molecular weight excluding hydrogens is 403 g/mol. The van der Waals surface area contributed by atoms with E-state index in [1.54, 1.807) is 0 Å². The molecular formula is C17H35IN4O. The van der Waals surface area contributed by atoms with Gasteiger partial charge in [-0.15, -0.1) is 24.0 Å². The fourth-order valence-electron chi connectivity index (χ4n) is 3.44. The van der Waals surface area contributed by atoms with E-state index >= 15 is 0 Å². The summed E-state index contributed by atoms with van der Waals surface area (Å²) >= 11 is 0. The van der Waals surface area contributed by atoms with Crippen molar-refractivity contribution in [2.45, 2.75) is 39.7 Å². The molecule has 0 aromatic heterocycles. The third-order valence-corrected chi connectivity index (χ3v) is 5.05. The van der Waals surface area contributed by atoms with Gasteiger partial charge in [0.05, 0.1) is 13.2 Å². The van der Waals surface area contributed by atoms with Crippen LogP contribution in [0, 0.1) is 11.8 Å². The third kappa shape index (κ3) is 6.38. The van der Waals surface area contributed by atoms with Crippen molar-refractivity contribution >= 4 is 29.9 Å². The second-order valence-electron chi connectivity index (χ2n) is 7.06. The number of nitrogens with zero attached hydrogens (tertiary/aromatic N) is 3. The number of guanidine groups is 1. The maximum Gasteiger partial charge on any atom is 0.193 e. The van der Waals surface area contributed by atoms with E-state index in [1.165, 1.54) is 12.8 Å². The van der Waals surface area contributed by atoms with E-state index in [-0.39, 0.29) is 24.0 Å².